The second-order valence-corrected chi connectivity index (χ2v) is 2.91. The molecule has 1 heterocycles. The van der Waals surface area contributed by atoms with E-state index >= 15 is 0 Å². The minimum absolute atomic E-state index is 0.623. The molecule has 1 unspecified atom stereocenters. The molecule has 1 N–H and O–H groups in total. The Morgan fingerprint density at radius 2 is 1.64 bits per heavy atom. The van der Waals surface area contributed by atoms with E-state index in [1.54, 1.807) is 0 Å². The lowest BCUT2D eigenvalue weighted by molar-refractivity contribution is 0.839. The number of benzene rings is 1. The van der Waals surface area contributed by atoms with Gasteiger partial charge in [-0.25, -0.2) is 0 Å². The van der Waals surface area contributed by atoms with Gasteiger partial charge in [0, 0.05) is 11.7 Å². The van der Waals surface area contributed by atoms with Crippen LogP contribution in [0.3, 0.4) is 0 Å². The first-order chi connectivity index (χ1) is 6.86. The first-order valence-electron chi connectivity index (χ1n) is 5.71. The minimum Gasteiger partial charge on any atom is -0.382 e. The second kappa shape index (κ2) is 7.43. The van der Waals surface area contributed by atoms with Crippen molar-refractivity contribution in [3.05, 3.63) is 29.8 Å². The number of para-hydroxylation sites is 1. The maximum Gasteiger partial charge on any atom is 0.0375 e. The molecule has 0 radical (unpaired) electrons. The summed E-state index contributed by atoms with van der Waals surface area (Å²) in [4.78, 5) is 0. The average molecular weight is 193 g/mol. The Morgan fingerprint density at radius 1 is 1.07 bits per heavy atom. The summed E-state index contributed by atoms with van der Waals surface area (Å²) in [5.41, 5.74) is 2.77. The Labute approximate surface area is 88.5 Å². The molecule has 0 amide bonds. The van der Waals surface area contributed by atoms with Crippen LogP contribution in [0, 0.1) is 0 Å². The second-order valence-electron chi connectivity index (χ2n) is 2.91. The predicted molar refractivity (Wildman–Crippen MR) is 65.9 cm³/mol. The van der Waals surface area contributed by atoms with Gasteiger partial charge in [-0.05, 0) is 25.0 Å². The standard InChI is InChI=1S/C9H11N.2C2H6/c1-7-6-8-4-2-3-5-9(8)10-7;2*1-2/h2-5,7,10H,6H2,1H3;2*1-2H3. The first-order valence-corrected chi connectivity index (χ1v) is 5.71. The Morgan fingerprint density at radius 3 is 2.21 bits per heavy atom. The molecule has 2 rings (SSSR count). The summed E-state index contributed by atoms with van der Waals surface area (Å²) in [5.74, 6) is 0. The highest BCUT2D eigenvalue weighted by atomic mass is 14.9. The van der Waals surface area contributed by atoms with Gasteiger partial charge in [0.1, 0.15) is 0 Å². The number of anilines is 1. The Bertz CT molecular complexity index is 218. The molecule has 0 fully saturated rings. The van der Waals surface area contributed by atoms with Gasteiger partial charge in [0.2, 0.25) is 0 Å². The molecule has 0 aliphatic carbocycles. The van der Waals surface area contributed by atoms with Gasteiger partial charge in [0.15, 0.2) is 0 Å². The van der Waals surface area contributed by atoms with Gasteiger partial charge in [-0.1, -0.05) is 45.9 Å². The zero-order valence-electron chi connectivity index (χ0n) is 10.1. The molecule has 0 saturated carbocycles. The Balaban J connectivity index is 0.000000379. The van der Waals surface area contributed by atoms with E-state index in [2.05, 4.69) is 36.5 Å². The molecule has 1 aliphatic rings. The molecule has 1 aromatic rings. The van der Waals surface area contributed by atoms with Crippen LogP contribution in [0.25, 0.3) is 0 Å². The largest absolute Gasteiger partial charge is 0.382 e. The Kier molecular flexibility index (Phi) is 6.91. The topological polar surface area (TPSA) is 12.0 Å². The molecule has 0 saturated heterocycles. The van der Waals surface area contributed by atoms with Crippen molar-refractivity contribution in [2.75, 3.05) is 5.32 Å². The molecule has 1 heteroatoms. The number of hydrogen-bond donors (Lipinski definition) is 1. The van der Waals surface area contributed by atoms with E-state index in [1.165, 1.54) is 17.7 Å². The van der Waals surface area contributed by atoms with Gasteiger partial charge < -0.3 is 5.32 Å². The summed E-state index contributed by atoms with van der Waals surface area (Å²) in [6, 6.07) is 9.12. The third-order valence-corrected chi connectivity index (χ3v) is 1.95. The molecule has 1 atom stereocenters. The lowest BCUT2D eigenvalue weighted by Gasteiger charge is -2.00. The van der Waals surface area contributed by atoms with Gasteiger partial charge in [0.25, 0.3) is 0 Å². The van der Waals surface area contributed by atoms with Crippen LogP contribution in [0.4, 0.5) is 5.69 Å². The summed E-state index contributed by atoms with van der Waals surface area (Å²) >= 11 is 0. The molecular formula is C13H23N. The summed E-state index contributed by atoms with van der Waals surface area (Å²) in [5, 5.41) is 3.40. The lowest BCUT2D eigenvalue weighted by atomic mass is 10.1. The highest BCUT2D eigenvalue weighted by Crippen LogP contribution is 2.24. The molecule has 80 valence electrons. The molecule has 0 spiro atoms. The Hall–Kier alpha value is -0.980. The van der Waals surface area contributed by atoms with Gasteiger partial charge in [-0.15, -0.1) is 0 Å². The third-order valence-electron chi connectivity index (χ3n) is 1.95. The fourth-order valence-corrected chi connectivity index (χ4v) is 1.49. The normalized spacial score (nSPS) is 16.5. The molecule has 1 aliphatic heterocycles. The zero-order valence-corrected chi connectivity index (χ0v) is 10.1. The lowest BCUT2D eigenvalue weighted by Crippen LogP contribution is -2.08. The van der Waals surface area contributed by atoms with Crippen LogP contribution >= 0.6 is 0 Å². The van der Waals surface area contributed by atoms with Crippen molar-refractivity contribution >= 4 is 5.69 Å². The van der Waals surface area contributed by atoms with Crippen molar-refractivity contribution in [2.45, 2.75) is 47.1 Å². The van der Waals surface area contributed by atoms with E-state index in [0.29, 0.717) is 6.04 Å². The summed E-state index contributed by atoms with van der Waals surface area (Å²) in [7, 11) is 0. The van der Waals surface area contributed by atoms with Crippen molar-refractivity contribution < 1.29 is 0 Å². The van der Waals surface area contributed by atoms with E-state index in [0.717, 1.165) is 0 Å². The van der Waals surface area contributed by atoms with Crippen molar-refractivity contribution in [1.29, 1.82) is 0 Å². The van der Waals surface area contributed by atoms with Gasteiger partial charge in [0.05, 0.1) is 0 Å². The number of nitrogens with one attached hydrogen (secondary N) is 1. The fraction of sp³-hybridized carbons (Fsp3) is 0.538. The van der Waals surface area contributed by atoms with Crippen LogP contribution in [0.2, 0.25) is 0 Å². The molecule has 0 aromatic heterocycles. The smallest absolute Gasteiger partial charge is 0.0375 e. The van der Waals surface area contributed by atoms with Crippen molar-refractivity contribution in [3.8, 4) is 0 Å². The van der Waals surface area contributed by atoms with Crippen LogP contribution in [-0.4, -0.2) is 6.04 Å². The predicted octanol–water partition coefficient (Wildman–Crippen LogP) is 4.10. The van der Waals surface area contributed by atoms with Crippen LogP contribution in [0.5, 0.6) is 0 Å². The van der Waals surface area contributed by atoms with E-state index in [4.69, 9.17) is 0 Å². The molecule has 0 bridgehead atoms. The monoisotopic (exact) mass is 193 g/mol. The fourth-order valence-electron chi connectivity index (χ4n) is 1.49. The first kappa shape index (κ1) is 13.0. The minimum atomic E-state index is 0.623. The quantitative estimate of drug-likeness (QED) is 0.654. The van der Waals surface area contributed by atoms with E-state index < -0.39 is 0 Å². The van der Waals surface area contributed by atoms with E-state index in [9.17, 15) is 0 Å². The summed E-state index contributed by atoms with van der Waals surface area (Å²) in [6.45, 7) is 10.2. The highest BCUT2D eigenvalue weighted by molar-refractivity contribution is 5.56. The molecule has 1 aromatic carbocycles. The van der Waals surface area contributed by atoms with Gasteiger partial charge >= 0.3 is 0 Å². The number of rotatable bonds is 0. The van der Waals surface area contributed by atoms with E-state index in [-0.39, 0.29) is 0 Å². The summed E-state index contributed by atoms with van der Waals surface area (Å²) < 4.78 is 0. The zero-order chi connectivity index (χ0) is 11.0. The van der Waals surface area contributed by atoms with Crippen molar-refractivity contribution in [3.63, 3.8) is 0 Å². The maximum atomic E-state index is 3.40. The third kappa shape index (κ3) is 3.41. The SMILES string of the molecule is CC.CC.CC1Cc2ccccc2N1. The number of hydrogen-bond acceptors (Lipinski definition) is 1. The summed E-state index contributed by atoms with van der Waals surface area (Å²) in [6.07, 6.45) is 1.18. The van der Waals surface area contributed by atoms with Crippen LogP contribution < -0.4 is 5.32 Å². The average Bonchev–Trinajstić information content (AvgIpc) is 2.64. The van der Waals surface area contributed by atoms with Crippen LogP contribution in [-0.2, 0) is 6.42 Å². The van der Waals surface area contributed by atoms with Crippen molar-refractivity contribution in [2.24, 2.45) is 0 Å². The highest BCUT2D eigenvalue weighted by Gasteiger charge is 2.14. The molecule has 1 nitrogen and oxygen atoms in total. The molecular weight excluding hydrogens is 170 g/mol. The van der Waals surface area contributed by atoms with Crippen LogP contribution in [0.15, 0.2) is 24.3 Å². The van der Waals surface area contributed by atoms with E-state index in [1.807, 2.05) is 27.7 Å². The maximum absolute atomic E-state index is 3.40. The van der Waals surface area contributed by atoms with Crippen LogP contribution in [0.1, 0.15) is 40.2 Å². The van der Waals surface area contributed by atoms with Gasteiger partial charge in [-0.2, -0.15) is 0 Å². The van der Waals surface area contributed by atoms with Gasteiger partial charge in [-0.3, -0.25) is 0 Å². The number of fused-ring (bicyclic) bond motifs is 1. The van der Waals surface area contributed by atoms with Crippen molar-refractivity contribution in [1.82, 2.24) is 0 Å². The molecule has 14 heavy (non-hydrogen) atoms.